The summed E-state index contributed by atoms with van der Waals surface area (Å²) < 4.78 is 0. The highest BCUT2D eigenvalue weighted by Gasteiger charge is 2.43. The van der Waals surface area contributed by atoms with Crippen LogP contribution in [0.15, 0.2) is 188 Å². The highest BCUT2D eigenvalue weighted by Crippen LogP contribution is 2.53. The number of fused-ring (bicyclic) bond motifs is 6. The monoisotopic (exact) mass is 644 g/mol. The maximum absolute atomic E-state index is 2.68. The van der Waals surface area contributed by atoms with Crippen LogP contribution < -0.4 is 9.80 Å². The van der Waals surface area contributed by atoms with Crippen LogP contribution in [-0.2, 0) is 0 Å². The van der Waals surface area contributed by atoms with Crippen molar-refractivity contribution in [2.75, 3.05) is 9.80 Å². The van der Waals surface area contributed by atoms with Crippen LogP contribution in [0.1, 0.15) is 58.4 Å². The Kier molecular flexibility index (Phi) is 7.08. The van der Waals surface area contributed by atoms with Gasteiger partial charge in [-0.15, -0.1) is 0 Å². The van der Waals surface area contributed by atoms with Gasteiger partial charge in [0.15, 0.2) is 0 Å². The van der Waals surface area contributed by atoms with Gasteiger partial charge in [0.05, 0.1) is 23.8 Å². The first-order chi connectivity index (χ1) is 24.8. The molecule has 0 spiro atoms. The second kappa shape index (κ2) is 12.1. The van der Waals surface area contributed by atoms with Crippen molar-refractivity contribution in [2.24, 2.45) is 0 Å². The SMILES string of the molecule is C1=CC2c3cccc(C4=CC5c6ccccc6N(C6C=C(c7ccccc7)C=CC6)C5C=C4)c3N(C3=CCC(c4ccccc4)C=C3)C2C=C1. The van der Waals surface area contributed by atoms with Gasteiger partial charge >= 0.3 is 0 Å². The number of hydrogen-bond acceptors (Lipinski definition) is 2. The van der Waals surface area contributed by atoms with Crippen molar-refractivity contribution < 1.29 is 0 Å². The molecule has 4 aromatic carbocycles. The molecule has 0 radical (unpaired) electrons. The van der Waals surface area contributed by atoms with Gasteiger partial charge in [-0.25, -0.2) is 0 Å². The first-order valence-corrected chi connectivity index (χ1v) is 18.2. The van der Waals surface area contributed by atoms with Gasteiger partial charge in [0.2, 0.25) is 0 Å². The fourth-order valence-electron chi connectivity index (χ4n) is 9.28. The Morgan fingerprint density at radius 1 is 0.560 bits per heavy atom. The topological polar surface area (TPSA) is 6.48 Å². The number of benzene rings is 4. The van der Waals surface area contributed by atoms with E-state index in [1.807, 2.05) is 0 Å². The minimum Gasteiger partial charge on any atom is -0.357 e. The van der Waals surface area contributed by atoms with Crippen molar-refractivity contribution in [2.45, 2.75) is 48.7 Å². The lowest BCUT2D eigenvalue weighted by atomic mass is 9.84. The summed E-state index contributed by atoms with van der Waals surface area (Å²) >= 11 is 0. The van der Waals surface area contributed by atoms with E-state index in [1.54, 1.807) is 0 Å². The van der Waals surface area contributed by atoms with E-state index in [1.165, 1.54) is 56.0 Å². The summed E-state index contributed by atoms with van der Waals surface area (Å²) in [6, 6.07) is 38.7. The Hall–Kier alpha value is -5.60. The number of para-hydroxylation sites is 2. The standard InChI is InChI=1S/C48H40N2/c1-3-13-33(14-4-1)35-25-28-38(29-26-35)50-46-24-10-7-19-41(46)43-22-12-21-40(48(43)50)37-27-30-47-44(32-37)42-20-8-9-23-45(42)49(47)39-18-11-17-36(31-39)34-15-5-2-6-16-34/h1-17,19-25,27-32,35,39,41,44,46-47H,18,26H2. The summed E-state index contributed by atoms with van der Waals surface area (Å²) in [4.78, 5) is 5.32. The number of rotatable bonds is 5. The molecule has 2 aliphatic heterocycles. The molecule has 0 amide bonds. The van der Waals surface area contributed by atoms with Crippen LogP contribution in [0, 0.1) is 0 Å². The number of anilines is 2. The van der Waals surface area contributed by atoms with E-state index >= 15 is 0 Å². The van der Waals surface area contributed by atoms with E-state index < -0.39 is 0 Å². The van der Waals surface area contributed by atoms with Crippen molar-refractivity contribution in [1.29, 1.82) is 0 Å². The Morgan fingerprint density at radius 3 is 2.22 bits per heavy atom. The zero-order valence-electron chi connectivity index (χ0n) is 28.1. The highest BCUT2D eigenvalue weighted by molar-refractivity contribution is 5.90. The lowest BCUT2D eigenvalue weighted by Gasteiger charge is -2.36. The van der Waals surface area contributed by atoms with Crippen LogP contribution in [0.4, 0.5) is 11.4 Å². The largest absolute Gasteiger partial charge is 0.357 e. The molecular formula is C48H40N2. The molecule has 6 aliphatic rings. The summed E-state index contributed by atoms with van der Waals surface area (Å²) in [6.07, 6.45) is 33.1. The maximum atomic E-state index is 2.68. The first-order valence-electron chi connectivity index (χ1n) is 18.2. The van der Waals surface area contributed by atoms with Crippen molar-refractivity contribution in [3.05, 3.63) is 216 Å². The van der Waals surface area contributed by atoms with Crippen LogP contribution in [0.2, 0.25) is 0 Å². The molecule has 242 valence electrons. The fraction of sp³-hybridized carbons (Fsp3) is 0.167. The highest BCUT2D eigenvalue weighted by atomic mass is 15.2. The van der Waals surface area contributed by atoms with Crippen LogP contribution >= 0.6 is 0 Å². The number of hydrogen-bond donors (Lipinski definition) is 0. The molecule has 4 aliphatic carbocycles. The maximum Gasteiger partial charge on any atom is 0.0629 e. The smallest absolute Gasteiger partial charge is 0.0629 e. The van der Waals surface area contributed by atoms with E-state index in [-0.39, 0.29) is 12.1 Å². The van der Waals surface area contributed by atoms with E-state index in [2.05, 4.69) is 192 Å². The van der Waals surface area contributed by atoms with Gasteiger partial charge in [-0.1, -0.05) is 170 Å². The second-order valence-electron chi connectivity index (χ2n) is 14.3. The molecule has 2 heteroatoms. The fourth-order valence-corrected chi connectivity index (χ4v) is 9.28. The Bertz CT molecular complexity index is 2210. The molecule has 0 saturated heterocycles. The van der Waals surface area contributed by atoms with Gasteiger partial charge in [-0.2, -0.15) is 0 Å². The molecule has 0 saturated carbocycles. The van der Waals surface area contributed by atoms with E-state index in [0.29, 0.717) is 23.8 Å². The lowest BCUT2D eigenvalue weighted by Crippen LogP contribution is -2.41. The average Bonchev–Trinajstić information content (AvgIpc) is 3.71. The van der Waals surface area contributed by atoms with E-state index in [0.717, 1.165) is 12.8 Å². The Morgan fingerprint density at radius 2 is 1.36 bits per heavy atom. The van der Waals surface area contributed by atoms with Crippen molar-refractivity contribution in [1.82, 2.24) is 0 Å². The molecule has 0 N–H and O–H groups in total. The van der Waals surface area contributed by atoms with Gasteiger partial charge < -0.3 is 9.80 Å². The molecular weight excluding hydrogens is 605 g/mol. The minimum absolute atomic E-state index is 0.272. The molecule has 2 heterocycles. The van der Waals surface area contributed by atoms with Crippen LogP contribution in [0.5, 0.6) is 0 Å². The third-order valence-electron chi connectivity index (χ3n) is 11.6. The summed E-state index contributed by atoms with van der Waals surface area (Å²) in [6.45, 7) is 0. The first kappa shape index (κ1) is 29.3. The molecule has 50 heavy (non-hydrogen) atoms. The summed E-state index contributed by atoms with van der Waals surface area (Å²) in [5.74, 6) is 1.04. The Labute approximate surface area is 295 Å². The predicted molar refractivity (Wildman–Crippen MR) is 209 cm³/mol. The summed E-state index contributed by atoms with van der Waals surface area (Å²) in [7, 11) is 0. The van der Waals surface area contributed by atoms with Gasteiger partial charge in [-0.05, 0) is 58.4 Å². The Balaban J connectivity index is 1.02. The number of nitrogens with zero attached hydrogens (tertiary/aromatic N) is 2. The van der Waals surface area contributed by atoms with Gasteiger partial charge in [-0.3, -0.25) is 0 Å². The van der Waals surface area contributed by atoms with Crippen molar-refractivity contribution in [3.8, 4) is 0 Å². The number of allylic oxidation sites excluding steroid dienone is 9. The molecule has 6 atom stereocenters. The van der Waals surface area contributed by atoms with E-state index in [4.69, 9.17) is 0 Å². The molecule has 4 aromatic rings. The van der Waals surface area contributed by atoms with Crippen LogP contribution in [-0.4, -0.2) is 18.1 Å². The normalized spacial score (nSPS) is 26.9. The van der Waals surface area contributed by atoms with Crippen LogP contribution in [0.25, 0.3) is 11.1 Å². The van der Waals surface area contributed by atoms with Crippen molar-refractivity contribution in [3.63, 3.8) is 0 Å². The van der Waals surface area contributed by atoms with E-state index in [9.17, 15) is 0 Å². The van der Waals surface area contributed by atoms with Gasteiger partial charge in [0.1, 0.15) is 0 Å². The average molecular weight is 645 g/mol. The van der Waals surface area contributed by atoms with Gasteiger partial charge in [0, 0.05) is 34.7 Å². The minimum atomic E-state index is 0.272. The molecule has 2 nitrogen and oxygen atoms in total. The second-order valence-corrected chi connectivity index (χ2v) is 14.3. The van der Waals surface area contributed by atoms with Gasteiger partial charge in [0.25, 0.3) is 0 Å². The molecule has 6 unspecified atom stereocenters. The lowest BCUT2D eigenvalue weighted by molar-refractivity contribution is 0.616. The van der Waals surface area contributed by atoms with Crippen LogP contribution in [0.3, 0.4) is 0 Å². The molecule has 0 aromatic heterocycles. The zero-order valence-corrected chi connectivity index (χ0v) is 28.1. The predicted octanol–water partition coefficient (Wildman–Crippen LogP) is 11.1. The summed E-state index contributed by atoms with van der Waals surface area (Å²) in [5.41, 5.74) is 13.5. The zero-order chi connectivity index (χ0) is 33.0. The molecule has 10 rings (SSSR count). The summed E-state index contributed by atoms with van der Waals surface area (Å²) in [5, 5.41) is 0. The third kappa shape index (κ3) is 4.77. The quantitative estimate of drug-likeness (QED) is 0.213. The third-order valence-corrected chi connectivity index (χ3v) is 11.6. The molecule has 0 bridgehead atoms. The van der Waals surface area contributed by atoms with Crippen molar-refractivity contribution >= 4 is 22.5 Å². The molecule has 0 fully saturated rings.